The molecular formula is C26H23FN4O3. The van der Waals surface area contributed by atoms with E-state index in [1.54, 1.807) is 19.3 Å². The summed E-state index contributed by atoms with van der Waals surface area (Å²) in [6.07, 6.45) is 5.01. The molecule has 34 heavy (non-hydrogen) atoms. The van der Waals surface area contributed by atoms with E-state index in [9.17, 15) is 19.1 Å². The number of pyridine rings is 2. The van der Waals surface area contributed by atoms with E-state index >= 15 is 0 Å². The van der Waals surface area contributed by atoms with Gasteiger partial charge in [-0.25, -0.2) is 9.18 Å². The van der Waals surface area contributed by atoms with Crippen LogP contribution in [0.2, 0.25) is 0 Å². The van der Waals surface area contributed by atoms with Crippen LogP contribution < -0.4 is 5.73 Å². The molecule has 0 fully saturated rings. The standard InChI is InChI=1S/C26H23FN4O3/c1-14(28)24(16(3)32)18-11-23-25(30-12-18)20(19-8-7-17(26(33)34)10-21(19)27)13-31(23)15(2)22-6-4-5-9-29-22/h4-13,15H,28H2,1-3H3,(H,33,34)/t15-/m0/s1. The van der Waals surface area contributed by atoms with Crippen LogP contribution in [-0.4, -0.2) is 31.4 Å². The fraction of sp³-hybridized carbons (Fsp3) is 0.154. The minimum Gasteiger partial charge on any atom is -0.478 e. The van der Waals surface area contributed by atoms with Gasteiger partial charge in [0.1, 0.15) is 5.82 Å². The van der Waals surface area contributed by atoms with Crippen molar-refractivity contribution in [3.63, 3.8) is 0 Å². The zero-order chi connectivity index (χ0) is 24.6. The van der Waals surface area contributed by atoms with Crippen molar-refractivity contribution in [2.45, 2.75) is 26.8 Å². The minimum absolute atomic E-state index is 0.142. The van der Waals surface area contributed by atoms with Gasteiger partial charge in [-0.3, -0.25) is 14.8 Å². The SMILES string of the molecule is CC(=O)C(=C(C)N)c1cnc2c(-c3ccc(C(=O)O)cc3F)cn([C@@H](C)c3ccccn3)c2c1. The van der Waals surface area contributed by atoms with Crippen molar-refractivity contribution in [1.82, 2.24) is 14.5 Å². The molecule has 0 radical (unpaired) electrons. The Labute approximate surface area is 195 Å². The van der Waals surface area contributed by atoms with Gasteiger partial charge in [0.15, 0.2) is 5.78 Å². The summed E-state index contributed by atoms with van der Waals surface area (Å²) >= 11 is 0. The number of allylic oxidation sites excluding steroid dienone is 2. The van der Waals surface area contributed by atoms with Gasteiger partial charge in [-0.05, 0) is 51.1 Å². The summed E-state index contributed by atoms with van der Waals surface area (Å²) in [6, 6.07) is 10.9. The topological polar surface area (TPSA) is 111 Å². The number of halogens is 1. The first-order chi connectivity index (χ1) is 16.2. The number of aromatic carboxylic acids is 1. The number of rotatable bonds is 6. The maximum Gasteiger partial charge on any atom is 0.335 e. The van der Waals surface area contributed by atoms with E-state index in [0.717, 1.165) is 11.8 Å². The second-order valence-electron chi connectivity index (χ2n) is 8.09. The molecule has 0 bridgehead atoms. The van der Waals surface area contributed by atoms with Crippen molar-refractivity contribution in [1.29, 1.82) is 0 Å². The fourth-order valence-corrected chi connectivity index (χ4v) is 4.12. The molecule has 1 aromatic carbocycles. The molecule has 0 spiro atoms. The molecule has 3 N–H and O–H groups in total. The Bertz CT molecular complexity index is 1450. The molecule has 0 amide bonds. The van der Waals surface area contributed by atoms with Gasteiger partial charge in [0, 0.05) is 46.6 Å². The van der Waals surface area contributed by atoms with Crippen LogP contribution >= 0.6 is 0 Å². The minimum atomic E-state index is -1.21. The number of benzene rings is 1. The van der Waals surface area contributed by atoms with Crippen LogP contribution in [0.3, 0.4) is 0 Å². The Morgan fingerprint density at radius 3 is 2.41 bits per heavy atom. The second kappa shape index (κ2) is 8.90. The molecule has 4 aromatic rings. The third-order valence-electron chi connectivity index (χ3n) is 5.74. The number of carboxylic acids is 1. The van der Waals surface area contributed by atoms with Gasteiger partial charge in [0.05, 0.1) is 28.3 Å². The number of aromatic nitrogens is 3. The predicted octanol–water partition coefficient (Wildman–Crippen LogP) is 4.82. The van der Waals surface area contributed by atoms with E-state index in [2.05, 4.69) is 9.97 Å². The number of hydrogen-bond acceptors (Lipinski definition) is 5. The maximum absolute atomic E-state index is 15.0. The van der Waals surface area contributed by atoms with Crippen molar-refractivity contribution >= 4 is 28.4 Å². The highest BCUT2D eigenvalue weighted by Crippen LogP contribution is 2.35. The number of hydrogen-bond donors (Lipinski definition) is 2. The quantitative estimate of drug-likeness (QED) is 0.401. The maximum atomic E-state index is 15.0. The lowest BCUT2D eigenvalue weighted by Crippen LogP contribution is -2.08. The predicted molar refractivity (Wildman–Crippen MR) is 128 cm³/mol. The van der Waals surface area contributed by atoms with E-state index < -0.39 is 11.8 Å². The first-order valence-electron chi connectivity index (χ1n) is 10.6. The van der Waals surface area contributed by atoms with E-state index in [-0.39, 0.29) is 23.0 Å². The van der Waals surface area contributed by atoms with Crippen molar-refractivity contribution in [2.75, 3.05) is 0 Å². The monoisotopic (exact) mass is 458 g/mol. The van der Waals surface area contributed by atoms with Crippen LogP contribution in [0.15, 0.2) is 66.8 Å². The number of Topliss-reactive ketones (excluding diaryl/α,β-unsaturated/α-hetero) is 1. The number of nitrogens with two attached hydrogens (primary N) is 1. The molecule has 0 aliphatic carbocycles. The molecule has 3 heterocycles. The molecule has 4 rings (SSSR count). The molecule has 3 aromatic heterocycles. The molecule has 1 atom stereocenters. The van der Waals surface area contributed by atoms with Crippen LogP contribution in [0.5, 0.6) is 0 Å². The Balaban J connectivity index is 1.99. The number of carbonyl (C=O) groups excluding carboxylic acids is 1. The van der Waals surface area contributed by atoms with Crippen LogP contribution in [0, 0.1) is 5.82 Å². The van der Waals surface area contributed by atoms with Crippen LogP contribution in [-0.2, 0) is 4.79 Å². The molecule has 7 nitrogen and oxygen atoms in total. The average Bonchev–Trinajstić information content (AvgIpc) is 3.17. The van der Waals surface area contributed by atoms with Crippen molar-refractivity contribution in [3.8, 4) is 11.1 Å². The summed E-state index contributed by atoms with van der Waals surface area (Å²) < 4.78 is 16.9. The van der Waals surface area contributed by atoms with Crippen LogP contribution in [0.4, 0.5) is 4.39 Å². The van der Waals surface area contributed by atoms with E-state index in [0.29, 0.717) is 33.4 Å². The summed E-state index contributed by atoms with van der Waals surface area (Å²) in [5.74, 6) is -2.06. The molecule has 0 saturated carbocycles. The van der Waals surface area contributed by atoms with Gasteiger partial charge in [-0.15, -0.1) is 0 Å². The van der Waals surface area contributed by atoms with Gasteiger partial charge in [0.25, 0.3) is 0 Å². The fourth-order valence-electron chi connectivity index (χ4n) is 4.12. The molecule has 0 aliphatic heterocycles. The van der Waals surface area contributed by atoms with Gasteiger partial charge < -0.3 is 15.4 Å². The molecule has 8 heteroatoms. The number of fused-ring (bicyclic) bond motifs is 1. The molecule has 0 aliphatic rings. The average molecular weight is 458 g/mol. The first kappa shape index (κ1) is 22.8. The Hall–Kier alpha value is -4.33. The number of nitrogens with zero attached hydrogens (tertiary/aromatic N) is 3. The van der Waals surface area contributed by atoms with Gasteiger partial charge >= 0.3 is 5.97 Å². The lowest BCUT2D eigenvalue weighted by molar-refractivity contribution is -0.111. The summed E-state index contributed by atoms with van der Waals surface area (Å²) in [6.45, 7) is 5.05. The van der Waals surface area contributed by atoms with E-state index in [4.69, 9.17) is 5.73 Å². The molecule has 0 unspecified atom stereocenters. The number of carboxylic acid groups (broad SMARTS) is 1. The van der Waals surface area contributed by atoms with Crippen molar-refractivity contribution in [3.05, 3.63) is 89.4 Å². The van der Waals surface area contributed by atoms with Gasteiger partial charge in [0.2, 0.25) is 0 Å². The first-order valence-corrected chi connectivity index (χ1v) is 10.6. The third-order valence-corrected chi connectivity index (χ3v) is 5.74. The van der Waals surface area contributed by atoms with E-state index in [1.807, 2.05) is 35.8 Å². The van der Waals surface area contributed by atoms with E-state index in [1.165, 1.54) is 25.3 Å². The summed E-state index contributed by atoms with van der Waals surface area (Å²) in [7, 11) is 0. The lowest BCUT2D eigenvalue weighted by Gasteiger charge is -2.15. The Kier molecular flexibility index (Phi) is 5.98. The Morgan fingerprint density at radius 2 is 1.82 bits per heavy atom. The zero-order valence-corrected chi connectivity index (χ0v) is 18.9. The van der Waals surface area contributed by atoms with Crippen LogP contribution in [0.1, 0.15) is 48.4 Å². The van der Waals surface area contributed by atoms with Crippen molar-refractivity contribution in [2.24, 2.45) is 5.73 Å². The smallest absolute Gasteiger partial charge is 0.335 e. The highest BCUT2D eigenvalue weighted by Gasteiger charge is 2.22. The van der Waals surface area contributed by atoms with Crippen molar-refractivity contribution < 1.29 is 19.1 Å². The van der Waals surface area contributed by atoms with Crippen LogP contribution in [0.25, 0.3) is 27.7 Å². The lowest BCUT2D eigenvalue weighted by atomic mass is 10.0. The zero-order valence-electron chi connectivity index (χ0n) is 18.9. The normalized spacial score (nSPS) is 12.9. The largest absolute Gasteiger partial charge is 0.478 e. The highest BCUT2D eigenvalue weighted by molar-refractivity contribution is 6.20. The second-order valence-corrected chi connectivity index (χ2v) is 8.09. The highest BCUT2D eigenvalue weighted by atomic mass is 19.1. The Morgan fingerprint density at radius 1 is 1.06 bits per heavy atom. The molecular weight excluding hydrogens is 435 g/mol. The number of ketones is 1. The summed E-state index contributed by atoms with van der Waals surface area (Å²) in [4.78, 5) is 32.5. The molecule has 172 valence electrons. The summed E-state index contributed by atoms with van der Waals surface area (Å²) in [5.41, 5.74) is 9.80. The molecule has 0 saturated heterocycles. The van der Waals surface area contributed by atoms with Gasteiger partial charge in [-0.2, -0.15) is 0 Å². The van der Waals surface area contributed by atoms with Gasteiger partial charge in [-0.1, -0.05) is 12.1 Å². The summed E-state index contributed by atoms with van der Waals surface area (Å²) in [5, 5.41) is 9.19. The number of carbonyl (C=O) groups is 2. The third kappa shape index (κ3) is 4.05.